The van der Waals surface area contributed by atoms with E-state index in [0.717, 1.165) is 10.6 Å². The summed E-state index contributed by atoms with van der Waals surface area (Å²) in [4.78, 5) is 26.6. The maximum Gasteiger partial charge on any atom is 0.306 e. The van der Waals surface area contributed by atoms with Crippen molar-refractivity contribution in [3.05, 3.63) is 28.8 Å². The van der Waals surface area contributed by atoms with Gasteiger partial charge in [-0.25, -0.2) is 0 Å². The van der Waals surface area contributed by atoms with Gasteiger partial charge >= 0.3 is 5.97 Å². The van der Waals surface area contributed by atoms with Gasteiger partial charge < -0.3 is 10.0 Å². The van der Waals surface area contributed by atoms with Gasteiger partial charge in [-0.15, -0.1) is 11.8 Å². The van der Waals surface area contributed by atoms with E-state index in [4.69, 9.17) is 11.6 Å². The van der Waals surface area contributed by atoms with Gasteiger partial charge in [-0.3, -0.25) is 9.59 Å². The van der Waals surface area contributed by atoms with Crippen molar-refractivity contribution >= 4 is 35.2 Å². The Kier molecular flexibility index (Phi) is 5.75. The molecule has 1 aliphatic heterocycles. The van der Waals surface area contributed by atoms with E-state index in [1.54, 1.807) is 28.8 Å². The number of carboxylic acids is 1. The van der Waals surface area contributed by atoms with Crippen LogP contribution in [-0.2, 0) is 4.79 Å². The van der Waals surface area contributed by atoms with Crippen molar-refractivity contribution in [2.24, 2.45) is 11.8 Å². The molecule has 1 saturated heterocycles. The van der Waals surface area contributed by atoms with Gasteiger partial charge in [0, 0.05) is 23.0 Å². The van der Waals surface area contributed by atoms with Gasteiger partial charge in [0.1, 0.15) is 0 Å². The molecule has 1 aromatic rings. The van der Waals surface area contributed by atoms with Crippen LogP contribution in [0, 0.1) is 11.8 Å². The van der Waals surface area contributed by atoms with Gasteiger partial charge in [0.15, 0.2) is 0 Å². The molecule has 0 aromatic heterocycles. The summed E-state index contributed by atoms with van der Waals surface area (Å²) in [7, 11) is 0. The molecule has 1 aliphatic rings. The van der Waals surface area contributed by atoms with E-state index in [0.29, 0.717) is 30.1 Å². The zero-order valence-corrected chi connectivity index (χ0v) is 14.3. The van der Waals surface area contributed by atoms with Crippen molar-refractivity contribution in [1.29, 1.82) is 0 Å². The molecule has 1 N–H and O–H groups in total. The van der Waals surface area contributed by atoms with E-state index in [1.807, 2.05) is 19.9 Å². The van der Waals surface area contributed by atoms with Crippen LogP contribution in [0.3, 0.4) is 0 Å². The lowest BCUT2D eigenvalue weighted by atomic mass is 9.87. The normalized spacial score (nSPS) is 21.7. The Labute approximate surface area is 139 Å². The van der Waals surface area contributed by atoms with Gasteiger partial charge in [-0.2, -0.15) is 0 Å². The minimum atomic E-state index is -0.770. The van der Waals surface area contributed by atoms with Gasteiger partial charge in [0.2, 0.25) is 0 Å². The Morgan fingerprint density at radius 3 is 2.77 bits per heavy atom. The van der Waals surface area contributed by atoms with E-state index in [2.05, 4.69) is 0 Å². The molecule has 2 rings (SSSR count). The molecule has 22 heavy (non-hydrogen) atoms. The first kappa shape index (κ1) is 17.2. The molecule has 6 heteroatoms. The molecule has 4 nitrogen and oxygen atoms in total. The molecule has 0 radical (unpaired) electrons. The number of likely N-dealkylation sites (tertiary alicyclic amines) is 1. The average molecular weight is 342 g/mol. The molecule has 0 saturated carbocycles. The number of benzene rings is 1. The third kappa shape index (κ3) is 3.76. The van der Waals surface area contributed by atoms with Gasteiger partial charge in [-0.05, 0) is 36.3 Å². The second kappa shape index (κ2) is 7.38. The zero-order chi connectivity index (χ0) is 16.3. The number of hydrogen-bond acceptors (Lipinski definition) is 3. The number of piperidine rings is 1. The monoisotopic (exact) mass is 341 g/mol. The zero-order valence-electron chi connectivity index (χ0n) is 12.7. The van der Waals surface area contributed by atoms with Crippen LogP contribution in [0.15, 0.2) is 23.1 Å². The fourth-order valence-electron chi connectivity index (χ4n) is 2.82. The highest BCUT2D eigenvalue weighted by Gasteiger charge is 2.33. The molecule has 2 atom stereocenters. The Morgan fingerprint density at radius 2 is 2.18 bits per heavy atom. The molecule has 0 bridgehead atoms. The van der Waals surface area contributed by atoms with Crippen LogP contribution < -0.4 is 0 Å². The summed E-state index contributed by atoms with van der Waals surface area (Å²) in [5.41, 5.74) is 0.650. The quantitative estimate of drug-likeness (QED) is 0.849. The van der Waals surface area contributed by atoms with Crippen LogP contribution in [0.5, 0.6) is 0 Å². The van der Waals surface area contributed by atoms with Crippen molar-refractivity contribution in [3.8, 4) is 0 Å². The smallest absolute Gasteiger partial charge is 0.306 e. The fraction of sp³-hybridized carbons (Fsp3) is 0.500. The third-order valence-corrected chi connectivity index (χ3v) is 5.16. The largest absolute Gasteiger partial charge is 0.481 e. The predicted octanol–water partition coefficient (Wildman–Crippen LogP) is 3.63. The number of halogens is 1. The molecule has 1 amide bonds. The minimum Gasteiger partial charge on any atom is -0.481 e. The van der Waals surface area contributed by atoms with Crippen LogP contribution >= 0.6 is 23.4 Å². The predicted molar refractivity (Wildman–Crippen MR) is 88.7 cm³/mol. The number of amides is 1. The van der Waals surface area contributed by atoms with Crippen LogP contribution in [0.4, 0.5) is 0 Å². The summed E-state index contributed by atoms with van der Waals surface area (Å²) < 4.78 is 0. The first-order valence-electron chi connectivity index (χ1n) is 7.38. The maximum absolute atomic E-state index is 12.8. The van der Waals surface area contributed by atoms with E-state index >= 15 is 0 Å². The molecule has 1 fully saturated rings. The molecular formula is C16H20ClNO3S. The van der Waals surface area contributed by atoms with E-state index in [1.165, 1.54) is 0 Å². The summed E-state index contributed by atoms with van der Waals surface area (Å²) in [6, 6.07) is 5.30. The molecule has 0 spiro atoms. The van der Waals surface area contributed by atoms with Crippen molar-refractivity contribution < 1.29 is 14.7 Å². The van der Waals surface area contributed by atoms with Crippen LogP contribution in [0.25, 0.3) is 0 Å². The summed E-state index contributed by atoms with van der Waals surface area (Å²) in [6.07, 6.45) is 0.506. The Hall–Kier alpha value is -1.20. The summed E-state index contributed by atoms with van der Waals surface area (Å²) >= 11 is 7.61. The minimum absolute atomic E-state index is 0.0372. The molecule has 120 valence electrons. The molecule has 1 heterocycles. The van der Waals surface area contributed by atoms with Crippen LogP contribution in [0.2, 0.25) is 5.02 Å². The lowest BCUT2D eigenvalue weighted by Crippen LogP contribution is -2.45. The third-order valence-electron chi connectivity index (χ3n) is 3.98. The lowest BCUT2D eigenvalue weighted by molar-refractivity contribution is -0.145. The van der Waals surface area contributed by atoms with Crippen molar-refractivity contribution in [2.75, 3.05) is 18.8 Å². The van der Waals surface area contributed by atoms with Gasteiger partial charge in [0.05, 0.1) is 11.5 Å². The lowest BCUT2D eigenvalue weighted by Gasteiger charge is -2.35. The second-order valence-corrected chi connectivity index (χ2v) is 7.28. The number of carbonyl (C=O) groups excluding carboxylic acids is 1. The van der Waals surface area contributed by atoms with Crippen molar-refractivity contribution in [2.45, 2.75) is 25.2 Å². The number of aliphatic carboxylic acids is 1. The molecule has 0 aliphatic carbocycles. The van der Waals surface area contributed by atoms with Gasteiger partial charge in [-0.1, -0.05) is 25.4 Å². The van der Waals surface area contributed by atoms with Crippen LogP contribution in [0.1, 0.15) is 30.6 Å². The SMILES string of the molecule is CCSc1cc(Cl)ccc1C(=O)N1CCC(C(=O)O)C(C)C1. The van der Waals surface area contributed by atoms with Gasteiger partial charge in [0.25, 0.3) is 5.91 Å². The highest BCUT2D eigenvalue weighted by Crippen LogP contribution is 2.30. The first-order valence-corrected chi connectivity index (χ1v) is 8.74. The number of hydrogen-bond donors (Lipinski definition) is 1. The highest BCUT2D eigenvalue weighted by atomic mass is 35.5. The molecule has 1 aromatic carbocycles. The number of rotatable bonds is 4. The van der Waals surface area contributed by atoms with E-state index < -0.39 is 5.97 Å². The van der Waals surface area contributed by atoms with E-state index in [-0.39, 0.29) is 17.7 Å². The summed E-state index contributed by atoms with van der Waals surface area (Å²) in [5.74, 6) is -0.349. The summed E-state index contributed by atoms with van der Waals surface area (Å²) in [5, 5.41) is 9.79. The second-order valence-electron chi connectivity index (χ2n) is 5.54. The Bertz CT molecular complexity index is 579. The maximum atomic E-state index is 12.8. The Balaban J connectivity index is 2.17. The topological polar surface area (TPSA) is 57.6 Å². The number of carbonyl (C=O) groups is 2. The highest BCUT2D eigenvalue weighted by molar-refractivity contribution is 7.99. The first-order chi connectivity index (χ1) is 10.4. The fourth-order valence-corrected chi connectivity index (χ4v) is 3.88. The number of thioether (sulfide) groups is 1. The van der Waals surface area contributed by atoms with Crippen molar-refractivity contribution in [3.63, 3.8) is 0 Å². The number of carboxylic acid groups (broad SMARTS) is 1. The Morgan fingerprint density at radius 1 is 1.45 bits per heavy atom. The molecular weight excluding hydrogens is 322 g/mol. The average Bonchev–Trinajstić information content (AvgIpc) is 2.46. The summed E-state index contributed by atoms with van der Waals surface area (Å²) in [6.45, 7) is 4.88. The van der Waals surface area contributed by atoms with E-state index in [9.17, 15) is 14.7 Å². The standard InChI is InChI=1S/C16H20ClNO3S/c1-3-22-14-8-11(17)4-5-13(14)15(19)18-7-6-12(16(20)21)10(2)9-18/h4-5,8,10,12H,3,6-7,9H2,1-2H3,(H,20,21). The number of nitrogens with zero attached hydrogens (tertiary/aromatic N) is 1. The van der Waals surface area contributed by atoms with Crippen molar-refractivity contribution in [1.82, 2.24) is 4.90 Å². The molecule has 2 unspecified atom stereocenters. The van der Waals surface area contributed by atoms with Crippen LogP contribution in [-0.4, -0.2) is 40.7 Å².